The number of nitrogens with one attached hydrogen (secondary N) is 1. The van der Waals surface area contributed by atoms with Crippen LogP contribution >= 0.6 is 0 Å². The van der Waals surface area contributed by atoms with E-state index in [0.29, 0.717) is 38.3 Å². The van der Waals surface area contributed by atoms with Gasteiger partial charge in [0.2, 0.25) is 0 Å². The smallest absolute Gasteiger partial charge is 0.408 e. The van der Waals surface area contributed by atoms with Crippen LogP contribution in [0.2, 0.25) is 0 Å². The van der Waals surface area contributed by atoms with Crippen molar-refractivity contribution >= 4 is 11.9 Å². The van der Waals surface area contributed by atoms with Crippen molar-refractivity contribution in [1.29, 1.82) is 5.26 Å². The lowest BCUT2D eigenvalue weighted by atomic mass is 10.1. The predicted molar refractivity (Wildman–Crippen MR) is 100 cm³/mol. The number of hydrogen-bond acceptors (Lipinski definition) is 8. The van der Waals surface area contributed by atoms with E-state index in [-0.39, 0.29) is 13.1 Å². The number of aromatic nitrogens is 2. The van der Waals surface area contributed by atoms with Crippen LogP contribution in [0.3, 0.4) is 0 Å². The number of likely N-dealkylation sites (tertiary alicyclic amines) is 1. The van der Waals surface area contributed by atoms with Crippen LogP contribution < -0.4 is 15.0 Å². The zero-order valence-corrected chi connectivity index (χ0v) is 16.0. The van der Waals surface area contributed by atoms with Crippen molar-refractivity contribution in [2.45, 2.75) is 38.0 Å². The van der Waals surface area contributed by atoms with Gasteiger partial charge in [0.05, 0.1) is 18.3 Å². The highest BCUT2D eigenvalue weighted by molar-refractivity contribution is 5.67. The van der Waals surface area contributed by atoms with Crippen LogP contribution in [0.25, 0.3) is 0 Å². The third-order valence-corrected chi connectivity index (χ3v) is 5.80. The van der Waals surface area contributed by atoms with E-state index in [1.54, 1.807) is 0 Å². The highest BCUT2D eigenvalue weighted by atomic mass is 16.5. The summed E-state index contributed by atoms with van der Waals surface area (Å²) in [6.07, 6.45) is 1.22. The van der Waals surface area contributed by atoms with Gasteiger partial charge in [0, 0.05) is 37.8 Å². The van der Waals surface area contributed by atoms with Crippen molar-refractivity contribution in [3.63, 3.8) is 0 Å². The second-order valence-electron chi connectivity index (χ2n) is 7.51. The Morgan fingerprint density at radius 3 is 2.93 bits per heavy atom. The number of carboxylic acid groups (broad SMARTS) is 1. The lowest BCUT2D eigenvalue weighted by molar-refractivity contribution is 0.130. The molecular formula is C18H25N7O3. The minimum absolute atomic E-state index is 0.267. The summed E-state index contributed by atoms with van der Waals surface area (Å²) in [4.78, 5) is 26.0. The molecule has 2 N–H and O–H groups in total. The molecule has 0 saturated carbocycles. The van der Waals surface area contributed by atoms with Crippen LogP contribution in [-0.2, 0) is 13.1 Å². The average molecular weight is 387 g/mol. The molecule has 28 heavy (non-hydrogen) atoms. The Bertz CT molecular complexity index is 796. The van der Waals surface area contributed by atoms with Crippen LogP contribution in [0.4, 0.5) is 10.6 Å². The quantitative estimate of drug-likeness (QED) is 0.749. The summed E-state index contributed by atoms with van der Waals surface area (Å²) >= 11 is 0. The monoisotopic (exact) mass is 387 g/mol. The summed E-state index contributed by atoms with van der Waals surface area (Å²) in [6.45, 7) is 3.99. The second kappa shape index (κ2) is 7.77. The predicted octanol–water partition coefficient (Wildman–Crippen LogP) is 0.245. The maximum Gasteiger partial charge on any atom is 0.408 e. The standard InChI is InChI=1S/C18H25N7O3/c1-23-4-2-3-12(23)11-28-17-21-15-9-20-8-14(15)16(22-17)24-5-6-25(18(26)27)13(7-19)10-24/h12-13,20H,2-6,8-11H2,1H3,(H,26,27). The van der Waals surface area contributed by atoms with Crippen molar-refractivity contribution in [3.8, 4) is 12.1 Å². The fourth-order valence-electron chi connectivity index (χ4n) is 4.13. The molecule has 0 aliphatic carbocycles. The first kappa shape index (κ1) is 18.7. The molecule has 150 valence electrons. The Labute approximate surface area is 163 Å². The molecule has 4 heterocycles. The van der Waals surface area contributed by atoms with Gasteiger partial charge in [-0.3, -0.25) is 4.90 Å². The number of amides is 1. The number of piperazine rings is 1. The van der Waals surface area contributed by atoms with Gasteiger partial charge in [0.25, 0.3) is 0 Å². The van der Waals surface area contributed by atoms with Crippen molar-refractivity contribution in [1.82, 2.24) is 25.1 Å². The summed E-state index contributed by atoms with van der Waals surface area (Å²) in [7, 11) is 2.10. The van der Waals surface area contributed by atoms with Crippen LogP contribution in [0.1, 0.15) is 24.1 Å². The topological polar surface area (TPSA) is 118 Å². The first-order chi connectivity index (χ1) is 13.6. The number of carbonyl (C=O) groups is 1. The third kappa shape index (κ3) is 3.55. The van der Waals surface area contributed by atoms with Gasteiger partial charge in [-0.1, -0.05) is 0 Å². The maximum absolute atomic E-state index is 11.3. The molecule has 0 radical (unpaired) electrons. The second-order valence-corrected chi connectivity index (χ2v) is 7.51. The molecule has 0 aromatic carbocycles. The Morgan fingerprint density at radius 1 is 1.36 bits per heavy atom. The molecule has 10 nitrogen and oxygen atoms in total. The highest BCUT2D eigenvalue weighted by Crippen LogP contribution is 2.29. The molecule has 3 aliphatic rings. The zero-order valence-electron chi connectivity index (χ0n) is 16.0. The molecule has 2 atom stereocenters. The summed E-state index contributed by atoms with van der Waals surface area (Å²) < 4.78 is 5.94. The van der Waals surface area contributed by atoms with Gasteiger partial charge >= 0.3 is 12.1 Å². The SMILES string of the molecule is CN1CCCC1COc1nc2c(c(N3CCN(C(=O)O)C(C#N)C3)n1)CNC2. The van der Waals surface area contributed by atoms with Gasteiger partial charge in [-0.2, -0.15) is 15.2 Å². The maximum atomic E-state index is 11.3. The van der Waals surface area contributed by atoms with E-state index in [1.165, 1.54) is 11.3 Å². The minimum atomic E-state index is -1.06. The molecule has 2 unspecified atom stereocenters. The molecule has 1 aromatic rings. The van der Waals surface area contributed by atoms with E-state index >= 15 is 0 Å². The summed E-state index contributed by atoms with van der Waals surface area (Å²) in [5.41, 5.74) is 1.92. The van der Waals surface area contributed by atoms with Crippen LogP contribution in [-0.4, -0.2) is 82.9 Å². The first-order valence-electron chi connectivity index (χ1n) is 9.64. The molecule has 10 heteroatoms. The van der Waals surface area contributed by atoms with E-state index < -0.39 is 12.1 Å². The Morgan fingerprint density at radius 2 is 2.21 bits per heavy atom. The fourth-order valence-corrected chi connectivity index (χ4v) is 4.13. The summed E-state index contributed by atoms with van der Waals surface area (Å²) in [5, 5.41) is 22.0. The average Bonchev–Trinajstić information content (AvgIpc) is 3.33. The van der Waals surface area contributed by atoms with Crippen LogP contribution in [0, 0.1) is 11.3 Å². The molecule has 2 saturated heterocycles. The number of hydrogen-bond donors (Lipinski definition) is 2. The van der Waals surface area contributed by atoms with E-state index in [9.17, 15) is 15.2 Å². The Kier molecular flexibility index (Phi) is 5.19. The highest BCUT2D eigenvalue weighted by Gasteiger charge is 2.33. The van der Waals surface area contributed by atoms with E-state index in [0.717, 1.165) is 30.0 Å². The molecule has 3 aliphatic heterocycles. The fraction of sp³-hybridized carbons (Fsp3) is 0.667. The lowest BCUT2D eigenvalue weighted by Crippen LogP contribution is -2.54. The zero-order chi connectivity index (χ0) is 19.7. The Balaban J connectivity index is 1.54. The molecule has 0 bridgehead atoms. The van der Waals surface area contributed by atoms with E-state index in [1.807, 2.05) is 4.90 Å². The molecule has 0 spiro atoms. The molecule has 2 fully saturated rings. The van der Waals surface area contributed by atoms with E-state index in [2.05, 4.69) is 33.3 Å². The summed E-state index contributed by atoms with van der Waals surface area (Å²) in [5.74, 6) is 0.745. The van der Waals surface area contributed by atoms with Crippen molar-refractivity contribution in [3.05, 3.63) is 11.3 Å². The van der Waals surface area contributed by atoms with E-state index in [4.69, 9.17) is 4.74 Å². The minimum Gasteiger partial charge on any atom is -0.465 e. The van der Waals surface area contributed by atoms with Crippen molar-refractivity contribution in [2.24, 2.45) is 0 Å². The number of fused-ring (bicyclic) bond motifs is 1. The lowest BCUT2D eigenvalue weighted by Gasteiger charge is -2.37. The van der Waals surface area contributed by atoms with Crippen molar-refractivity contribution in [2.75, 3.05) is 44.7 Å². The number of ether oxygens (including phenoxy) is 1. The molecular weight excluding hydrogens is 362 g/mol. The summed E-state index contributed by atoms with van der Waals surface area (Å²) in [6, 6.07) is 2.10. The number of anilines is 1. The molecule has 1 aromatic heterocycles. The normalized spacial score (nSPS) is 24.9. The first-order valence-corrected chi connectivity index (χ1v) is 9.64. The van der Waals surface area contributed by atoms with Gasteiger partial charge in [-0.25, -0.2) is 4.79 Å². The number of rotatable bonds is 4. The number of nitrogens with zero attached hydrogens (tertiary/aromatic N) is 6. The van der Waals surface area contributed by atoms with Gasteiger partial charge in [0.15, 0.2) is 0 Å². The molecule has 1 amide bonds. The van der Waals surface area contributed by atoms with Gasteiger partial charge in [0.1, 0.15) is 18.5 Å². The number of likely N-dealkylation sites (N-methyl/N-ethyl adjacent to an activating group) is 1. The van der Waals surface area contributed by atoms with Crippen molar-refractivity contribution < 1.29 is 14.6 Å². The van der Waals surface area contributed by atoms with Gasteiger partial charge in [-0.15, -0.1) is 0 Å². The third-order valence-electron chi connectivity index (χ3n) is 5.80. The largest absolute Gasteiger partial charge is 0.465 e. The Hall–Kier alpha value is -2.64. The molecule has 4 rings (SSSR count). The van der Waals surface area contributed by atoms with Crippen LogP contribution in [0.5, 0.6) is 6.01 Å². The number of nitriles is 1. The van der Waals surface area contributed by atoms with Gasteiger partial charge < -0.3 is 25.0 Å². The van der Waals surface area contributed by atoms with Crippen LogP contribution in [0.15, 0.2) is 0 Å². The van der Waals surface area contributed by atoms with Gasteiger partial charge in [-0.05, 0) is 26.4 Å².